The third-order valence-corrected chi connectivity index (χ3v) is 6.45. The highest BCUT2D eigenvalue weighted by Crippen LogP contribution is 2.12. The molecule has 0 spiro atoms. The van der Waals surface area contributed by atoms with Crippen LogP contribution in [-0.4, -0.2) is 55.4 Å². The molecule has 10 nitrogen and oxygen atoms in total. The molecule has 0 aromatic heterocycles. The molecule has 33 heavy (non-hydrogen) atoms. The third kappa shape index (κ3) is 8.20. The number of primary amides is 1. The molecule has 178 valence electrons. The number of benzene rings is 2. The first kappa shape index (κ1) is 25.8. The zero-order valence-electron chi connectivity index (χ0n) is 18.0. The van der Waals surface area contributed by atoms with Gasteiger partial charge < -0.3 is 26.2 Å². The highest BCUT2D eigenvalue weighted by Gasteiger charge is 2.30. The molecular formula is C22H27N3O7S. The highest BCUT2D eigenvalue weighted by atomic mass is 32.2. The van der Waals surface area contributed by atoms with Gasteiger partial charge in [-0.3, -0.25) is 9.59 Å². The van der Waals surface area contributed by atoms with Gasteiger partial charge in [-0.2, -0.15) is 0 Å². The maximum atomic E-state index is 12.6. The van der Waals surface area contributed by atoms with Gasteiger partial charge in [0.2, 0.25) is 11.8 Å². The van der Waals surface area contributed by atoms with Crippen molar-refractivity contribution in [1.82, 2.24) is 10.6 Å². The second kappa shape index (κ2) is 12.0. The van der Waals surface area contributed by atoms with Gasteiger partial charge >= 0.3 is 6.09 Å². The van der Waals surface area contributed by atoms with E-state index < -0.39 is 51.7 Å². The number of carbonyl (C=O) groups excluding carboxylic acids is 3. The number of nitrogens with one attached hydrogen (secondary N) is 2. The molecule has 3 atom stereocenters. The number of aliphatic hydroxyl groups is 1. The number of alkyl carbamates (subject to hydrolysis) is 1. The molecule has 0 bridgehead atoms. The Balaban J connectivity index is 1.97. The Hall–Kier alpha value is -3.44. The fourth-order valence-electron chi connectivity index (χ4n) is 2.86. The SMILES string of the molecule is C[C@@H](O)[C@H](NC(=O)OCc1ccccc1)C(=O)N[C@@H](CCS(=O)(=O)c1ccccc1)C(N)=O. The second-order valence-corrected chi connectivity index (χ2v) is 9.42. The van der Waals surface area contributed by atoms with Gasteiger partial charge in [-0.25, -0.2) is 13.2 Å². The van der Waals surface area contributed by atoms with Crippen LogP contribution < -0.4 is 16.4 Å². The molecule has 2 aromatic rings. The van der Waals surface area contributed by atoms with Crippen molar-refractivity contribution in [2.24, 2.45) is 5.73 Å². The van der Waals surface area contributed by atoms with Crippen molar-refractivity contribution >= 4 is 27.7 Å². The fourth-order valence-corrected chi connectivity index (χ4v) is 4.22. The summed E-state index contributed by atoms with van der Waals surface area (Å²) in [5.41, 5.74) is 6.04. The minimum absolute atomic E-state index is 0.0535. The van der Waals surface area contributed by atoms with Gasteiger partial charge in [0.1, 0.15) is 18.7 Å². The third-order valence-electron chi connectivity index (χ3n) is 4.69. The van der Waals surface area contributed by atoms with Crippen LogP contribution in [0.2, 0.25) is 0 Å². The van der Waals surface area contributed by atoms with E-state index in [0.717, 1.165) is 5.56 Å². The number of nitrogens with two attached hydrogens (primary N) is 1. The summed E-state index contributed by atoms with van der Waals surface area (Å²) in [4.78, 5) is 36.6. The van der Waals surface area contributed by atoms with Gasteiger partial charge in [0.25, 0.3) is 0 Å². The standard InChI is InChI=1S/C22H27N3O7S/c1-15(26)19(25-22(29)32-14-16-8-4-2-5-9-16)21(28)24-18(20(23)27)12-13-33(30,31)17-10-6-3-7-11-17/h2-11,15,18-19,26H,12-14H2,1H3,(H2,23,27)(H,24,28)(H,25,29)/t15-,18+,19+/m1/s1. The zero-order valence-corrected chi connectivity index (χ0v) is 18.8. The van der Waals surface area contributed by atoms with Crippen LogP contribution >= 0.6 is 0 Å². The monoisotopic (exact) mass is 477 g/mol. The summed E-state index contributed by atoms with van der Waals surface area (Å²) in [6, 6.07) is 13.7. The number of hydrogen-bond donors (Lipinski definition) is 4. The van der Waals surface area contributed by atoms with E-state index >= 15 is 0 Å². The lowest BCUT2D eigenvalue weighted by Gasteiger charge is -2.23. The Morgan fingerprint density at radius 2 is 1.58 bits per heavy atom. The van der Waals surface area contributed by atoms with Gasteiger partial charge in [-0.1, -0.05) is 48.5 Å². The number of hydrogen-bond acceptors (Lipinski definition) is 7. The summed E-state index contributed by atoms with van der Waals surface area (Å²) in [7, 11) is -3.71. The van der Waals surface area contributed by atoms with Gasteiger partial charge in [0.05, 0.1) is 16.8 Å². The minimum Gasteiger partial charge on any atom is -0.445 e. The number of ether oxygens (including phenoxy) is 1. The van der Waals surface area contributed by atoms with E-state index in [2.05, 4.69) is 10.6 Å². The summed E-state index contributed by atoms with van der Waals surface area (Å²) in [6.07, 6.45) is -2.58. The van der Waals surface area contributed by atoms with Crippen molar-refractivity contribution in [1.29, 1.82) is 0 Å². The lowest BCUT2D eigenvalue weighted by molar-refractivity contribution is -0.130. The van der Waals surface area contributed by atoms with Crippen LogP contribution in [0.15, 0.2) is 65.6 Å². The maximum absolute atomic E-state index is 12.6. The van der Waals surface area contributed by atoms with Crippen molar-refractivity contribution in [3.8, 4) is 0 Å². The normalized spacial score (nSPS) is 13.9. The van der Waals surface area contributed by atoms with Gasteiger partial charge in [-0.05, 0) is 31.0 Å². The largest absolute Gasteiger partial charge is 0.445 e. The van der Waals surface area contributed by atoms with Crippen molar-refractivity contribution in [3.63, 3.8) is 0 Å². The van der Waals surface area contributed by atoms with Crippen LogP contribution in [0.3, 0.4) is 0 Å². The lowest BCUT2D eigenvalue weighted by Crippen LogP contribution is -2.56. The molecule has 0 fully saturated rings. The molecular weight excluding hydrogens is 450 g/mol. The zero-order chi connectivity index (χ0) is 24.4. The Kier molecular flexibility index (Phi) is 9.37. The van der Waals surface area contributed by atoms with Crippen molar-refractivity contribution in [3.05, 3.63) is 66.2 Å². The average molecular weight is 478 g/mol. The number of carbonyl (C=O) groups is 3. The fraction of sp³-hybridized carbons (Fsp3) is 0.318. The number of sulfone groups is 1. The molecule has 0 saturated carbocycles. The number of amides is 3. The molecule has 2 rings (SSSR count). The van der Waals surface area contributed by atoms with Gasteiger partial charge in [0, 0.05) is 0 Å². The van der Waals surface area contributed by atoms with Crippen LogP contribution in [-0.2, 0) is 30.8 Å². The van der Waals surface area contributed by atoms with E-state index in [1.54, 1.807) is 48.5 Å². The summed E-state index contributed by atoms with van der Waals surface area (Å²) >= 11 is 0. The predicted molar refractivity (Wildman–Crippen MR) is 119 cm³/mol. The van der Waals surface area contributed by atoms with E-state index in [1.807, 2.05) is 0 Å². The van der Waals surface area contributed by atoms with Gasteiger partial charge in [-0.15, -0.1) is 0 Å². The molecule has 0 aliphatic rings. The van der Waals surface area contributed by atoms with E-state index in [9.17, 15) is 27.9 Å². The van der Waals surface area contributed by atoms with Crippen molar-refractivity contribution < 1.29 is 32.6 Å². The summed E-state index contributed by atoms with van der Waals surface area (Å²) < 4.78 is 29.9. The van der Waals surface area contributed by atoms with Gasteiger partial charge in [0.15, 0.2) is 9.84 Å². The number of rotatable bonds is 11. The Bertz CT molecular complexity index is 1040. The molecule has 5 N–H and O–H groups in total. The van der Waals surface area contributed by atoms with E-state index in [4.69, 9.17) is 10.5 Å². The molecule has 0 saturated heterocycles. The summed E-state index contributed by atoms with van der Waals surface area (Å²) in [5.74, 6) is -2.32. The lowest BCUT2D eigenvalue weighted by atomic mass is 10.1. The first-order valence-electron chi connectivity index (χ1n) is 10.1. The molecule has 0 unspecified atom stereocenters. The average Bonchev–Trinajstić information content (AvgIpc) is 2.79. The van der Waals surface area contributed by atoms with Crippen LogP contribution in [0.4, 0.5) is 4.79 Å². The van der Waals surface area contributed by atoms with Crippen molar-refractivity contribution in [2.75, 3.05) is 5.75 Å². The maximum Gasteiger partial charge on any atom is 0.408 e. The van der Waals surface area contributed by atoms with Crippen LogP contribution in [0.25, 0.3) is 0 Å². The predicted octanol–water partition coefficient (Wildman–Crippen LogP) is 0.496. The Morgan fingerprint density at radius 3 is 2.12 bits per heavy atom. The van der Waals surface area contributed by atoms with Crippen LogP contribution in [0, 0.1) is 0 Å². The van der Waals surface area contributed by atoms with Crippen molar-refractivity contribution in [2.45, 2.75) is 43.0 Å². The topological polar surface area (TPSA) is 165 Å². The molecule has 0 aliphatic heterocycles. The van der Waals surface area contributed by atoms with E-state index in [1.165, 1.54) is 19.1 Å². The Labute approximate surface area is 192 Å². The highest BCUT2D eigenvalue weighted by molar-refractivity contribution is 7.91. The van der Waals surface area contributed by atoms with Crippen LogP contribution in [0.1, 0.15) is 18.9 Å². The molecule has 11 heteroatoms. The Morgan fingerprint density at radius 1 is 1.00 bits per heavy atom. The molecule has 2 aromatic carbocycles. The molecule has 3 amide bonds. The van der Waals surface area contributed by atoms with Crippen LogP contribution in [0.5, 0.6) is 0 Å². The summed E-state index contributed by atoms with van der Waals surface area (Å²) in [6.45, 7) is 1.21. The molecule has 0 radical (unpaired) electrons. The molecule has 0 aliphatic carbocycles. The second-order valence-electron chi connectivity index (χ2n) is 7.31. The first-order valence-corrected chi connectivity index (χ1v) is 11.8. The molecule has 0 heterocycles. The quantitative estimate of drug-likeness (QED) is 0.366. The first-order chi connectivity index (χ1) is 15.6. The van der Waals surface area contributed by atoms with E-state index in [0.29, 0.717) is 0 Å². The van der Waals surface area contributed by atoms with E-state index in [-0.39, 0.29) is 17.9 Å². The summed E-state index contributed by atoms with van der Waals surface area (Å²) in [5, 5.41) is 14.5. The number of aliphatic hydroxyl groups excluding tert-OH is 1. The minimum atomic E-state index is -3.71. The smallest absolute Gasteiger partial charge is 0.408 e.